The predicted molar refractivity (Wildman–Crippen MR) is 95.0 cm³/mol. The van der Waals surface area contributed by atoms with E-state index in [1.165, 1.54) is 11.3 Å². The Balaban J connectivity index is 1.60. The first-order valence-corrected chi connectivity index (χ1v) is 9.00. The van der Waals surface area contributed by atoms with E-state index in [1.807, 2.05) is 35.0 Å². The Hall–Kier alpha value is -2.46. The summed E-state index contributed by atoms with van der Waals surface area (Å²) in [6.07, 6.45) is -0.621. The van der Waals surface area contributed by atoms with Crippen molar-refractivity contribution in [3.63, 3.8) is 0 Å². The summed E-state index contributed by atoms with van der Waals surface area (Å²) >= 11 is 3.03. The van der Waals surface area contributed by atoms with Gasteiger partial charge in [0.25, 0.3) is 5.91 Å². The molecule has 4 nitrogen and oxygen atoms in total. The molecule has 0 saturated heterocycles. The summed E-state index contributed by atoms with van der Waals surface area (Å²) in [4.78, 5) is 13.9. The average Bonchev–Trinajstić information content (AvgIpc) is 3.31. The first kappa shape index (κ1) is 16.4. The van der Waals surface area contributed by atoms with Crippen LogP contribution in [0.4, 0.5) is 0 Å². The highest BCUT2D eigenvalue weighted by molar-refractivity contribution is 7.12. The fourth-order valence-corrected chi connectivity index (χ4v) is 3.84. The summed E-state index contributed by atoms with van der Waals surface area (Å²) in [6, 6.07) is 14.2. The van der Waals surface area contributed by atoms with Crippen molar-refractivity contribution in [3.05, 3.63) is 79.7 Å². The highest BCUT2D eigenvalue weighted by Crippen LogP contribution is 2.29. The van der Waals surface area contributed by atoms with Crippen molar-refractivity contribution in [3.8, 4) is 6.07 Å². The average molecular weight is 354 g/mol. The molecule has 0 radical (unpaired) electrons. The minimum Gasteiger partial charge on any atom is -0.383 e. The van der Waals surface area contributed by atoms with E-state index in [2.05, 4.69) is 5.32 Å². The number of thiophene rings is 2. The highest BCUT2D eigenvalue weighted by atomic mass is 32.1. The van der Waals surface area contributed by atoms with E-state index in [4.69, 9.17) is 5.26 Å². The lowest BCUT2D eigenvalue weighted by Gasteiger charge is -2.06. The lowest BCUT2D eigenvalue weighted by molar-refractivity contribution is 0.0951. The fourth-order valence-electron chi connectivity index (χ4n) is 2.20. The molecule has 3 aromatic rings. The lowest BCUT2D eigenvalue weighted by Crippen LogP contribution is -2.22. The van der Waals surface area contributed by atoms with Crippen LogP contribution >= 0.6 is 22.7 Å². The number of nitrogens with zero attached hydrogens (tertiary/aromatic N) is 1. The number of benzene rings is 1. The molecule has 0 aliphatic rings. The van der Waals surface area contributed by atoms with Gasteiger partial charge in [0.1, 0.15) is 6.10 Å². The minimum absolute atomic E-state index is 0.187. The molecule has 24 heavy (non-hydrogen) atoms. The molecule has 2 heterocycles. The smallest absolute Gasteiger partial charge is 0.251 e. The zero-order valence-corrected chi connectivity index (χ0v) is 14.2. The Morgan fingerprint density at radius 1 is 1.21 bits per heavy atom. The normalized spacial score (nSPS) is 11.7. The number of hydrogen-bond acceptors (Lipinski definition) is 5. The summed E-state index contributed by atoms with van der Waals surface area (Å²) in [6.45, 7) is 0.403. The molecule has 0 aliphatic heterocycles. The van der Waals surface area contributed by atoms with Crippen molar-refractivity contribution in [2.45, 2.75) is 12.6 Å². The molecule has 2 aromatic heterocycles. The van der Waals surface area contributed by atoms with Crippen molar-refractivity contribution in [1.82, 2.24) is 5.32 Å². The van der Waals surface area contributed by atoms with Crippen LogP contribution < -0.4 is 5.32 Å². The molecule has 6 heteroatoms. The van der Waals surface area contributed by atoms with Crippen LogP contribution in [0.2, 0.25) is 0 Å². The number of carbonyl (C=O) groups is 1. The molecule has 0 fully saturated rings. The van der Waals surface area contributed by atoms with E-state index in [0.717, 1.165) is 15.3 Å². The van der Waals surface area contributed by atoms with Crippen LogP contribution in [0, 0.1) is 11.3 Å². The van der Waals surface area contributed by atoms with Gasteiger partial charge >= 0.3 is 0 Å². The summed E-state index contributed by atoms with van der Waals surface area (Å²) in [5, 5.41) is 25.8. The molecule has 3 rings (SSSR count). The molecule has 1 unspecified atom stereocenters. The van der Waals surface area contributed by atoms with Crippen LogP contribution in [-0.2, 0) is 6.54 Å². The molecule has 0 spiro atoms. The van der Waals surface area contributed by atoms with Gasteiger partial charge in [0.2, 0.25) is 0 Å². The van der Waals surface area contributed by atoms with E-state index >= 15 is 0 Å². The summed E-state index contributed by atoms with van der Waals surface area (Å²) in [5.41, 5.74) is 1.93. The van der Waals surface area contributed by atoms with Crippen LogP contribution in [0.5, 0.6) is 0 Å². The monoisotopic (exact) mass is 354 g/mol. The minimum atomic E-state index is -0.621. The molecule has 0 bridgehead atoms. The van der Waals surface area contributed by atoms with Gasteiger partial charge in [-0.25, -0.2) is 0 Å². The maximum absolute atomic E-state index is 12.1. The van der Waals surface area contributed by atoms with Crippen LogP contribution in [0.3, 0.4) is 0 Å². The molecular weight excluding hydrogens is 340 g/mol. The molecule has 0 saturated carbocycles. The summed E-state index contributed by atoms with van der Waals surface area (Å²) < 4.78 is 0. The second-order valence-electron chi connectivity index (χ2n) is 5.14. The third-order valence-corrected chi connectivity index (χ3v) is 5.35. The van der Waals surface area contributed by atoms with Gasteiger partial charge in [-0.1, -0.05) is 0 Å². The predicted octanol–water partition coefficient (Wildman–Crippen LogP) is 3.69. The standard InChI is InChI=1S/C18H14N2O2S2/c19-9-12-1-3-13(4-2-12)18(22)20-10-15-5-6-16(24-15)17(21)14-7-8-23-11-14/h1-8,11,17,21H,10H2,(H,20,22). The van der Waals surface area contributed by atoms with Crippen molar-refractivity contribution >= 4 is 28.6 Å². The number of rotatable bonds is 5. The largest absolute Gasteiger partial charge is 0.383 e. The third kappa shape index (κ3) is 3.71. The zero-order chi connectivity index (χ0) is 16.9. The van der Waals surface area contributed by atoms with Crippen molar-refractivity contribution < 1.29 is 9.90 Å². The Labute approximate surface area is 147 Å². The number of hydrogen-bond donors (Lipinski definition) is 2. The van der Waals surface area contributed by atoms with Crippen LogP contribution in [0.1, 0.15) is 37.3 Å². The molecule has 2 N–H and O–H groups in total. The van der Waals surface area contributed by atoms with Crippen molar-refractivity contribution in [1.29, 1.82) is 5.26 Å². The van der Waals surface area contributed by atoms with Gasteiger partial charge in [0, 0.05) is 15.3 Å². The van der Waals surface area contributed by atoms with Gasteiger partial charge in [-0.05, 0) is 58.8 Å². The summed E-state index contributed by atoms with van der Waals surface area (Å²) in [7, 11) is 0. The maximum atomic E-state index is 12.1. The van der Waals surface area contributed by atoms with E-state index in [-0.39, 0.29) is 5.91 Å². The highest BCUT2D eigenvalue weighted by Gasteiger charge is 2.14. The number of amides is 1. The second-order valence-corrected chi connectivity index (χ2v) is 7.12. The SMILES string of the molecule is N#Cc1ccc(C(=O)NCc2ccc(C(O)c3ccsc3)s2)cc1. The Morgan fingerprint density at radius 2 is 2.00 bits per heavy atom. The lowest BCUT2D eigenvalue weighted by atomic mass is 10.1. The number of aliphatic hydroxyl groups is 1. The van der Waals surface area contributed by atoms with Gasteiger partial charge in [0.05, 0.1) is 18.2 Å². The fraction of sp³-hybridized carbons (Fsp3) is 0.111. The maximum Gasteiger partial charge on any atom is 0.251 e. The second kappa shape index (κ2) is 7.41. The van der Waals surface area contributed by atoms with Crippen molar-refractivity contribution in [2.75, 3.05) is 0 Å². The molecular formula is C18H14N2O2S2. The zero-order valence-electron chi connectivity index (χ0n) is 12.6. The van der Waals surface area contributed by atoms with E-state index in [0.29, 0.717) is 17.7 Å². The quantitative estimate of drug-likeness (QED) is 0.734. The molecule has 1 amide bonds. The number of carbonyl (C=O) groups excluding carboxylic acids is 1. The molecule has 0 aliphatic carbocycles. The number of nitrogens with one attached hydrogen (secondary N) is 1. The van der Waals surface area contributed by atoms with E-state index in [9.17, 15) is 9.90 Å². The van der Waals surface area contributed by atoms with Crippen molar-refractivity contribution in [2.24, 2.45) is 0 Å². The molecule has 120 valence electrons. The first-order valence-electron chi connectivity index (χ1n) is 7.24. The van der Waals surface area contributed by atoms with Gasteiger partial charge in [-0.15, -0.1) is 11.3 Å². The van der Waals surface area contributed by atoms with Crippen LogP contribution in [-0.4, -0.2) is 11.0 Å². The van der Waals surface area contributed by atoms with Gasteiger partial charge in [-0.2, -0.15) is 16.6 Å². The third-order valence-electron chi connectivity index (χ3n) is 3.51. The summed E-state index contributed by atoms with van der Waals surface area (Å²) in [5.74, 6) is -0.187. The van der Waals surface area contributed by atoms with Crippen LogP contribution in [0.25, 0.3) is 0 Å². The number of nitriles is 1. The number of aliphatic hydroxyl groups excluding tert-OH is 1. The van der Waals surface area contributed by atoms with Gasteiger partial charge in [0.15, 0.2) is 0 Å². The molecule has 1 aromatic carbocycles. The molecule has 1 atom stereocenters. The Bertz CT molecular complexity index is 861. The topological polar surface area (TPSA) is 73.1 Å². The van der Waals surface area contributed by atoms with E-state index in [1.54, 1.807) is 35.6 Å². The van der Waals surface area contributed by atoms with Gasteiger partial charge in [-0.3, -0.25) is 4.79 Å². The van der Waals surface area contributed by atoms with Crippen LogP contribution in [0.15, 0.2) is 53.2 Å². The van der Waals surface area contributed by atoms with E-state index < -0.39 is 6.10 Å². The first-order chi connectivity index (χ1) is 11.7. The Kier molecular flexibility index (Phi) is 5.06. The Morgan fingerprint density at radius 3 is 2.67 bits per heavy atom. The van der Waals surface area contributed by atoms with Gasteiger partial charge < -0.3 is 10.4 Å².